The Morgan fingerprint density at radius 3 is 2.00 bits per heavy atom. The second-order valence-electron chi connectivity index (χ2n) is 6.24. The van der Waals surface area contributed by atoms with E-state index >= 15 is 0 Å². The number of nitrogens with zero attached hydrogens (tertiary/aromatic N) is 1. The number of sulfonamides is 1. The summed E-state index contributed by atoms with van der Waals surface area (Å²) in [5, 5.41) is 2.73. The third-order valence-electron chi connectivity index (χ3n) is 3.92. The standard InChI is InChI=1S/C18H22N2O5S2/c1-14(15-9-11-17(12-10-15)26(2,22)23)19-18(21)13-20(27(3,24)25)16-7-5-4-6-8-16/h4-12,14H,13H2,1-3H3,(H,19,21). The summed E-state index contributed by atoms with van der Waals surface area (Å²) in [7, 11) is -6.92. The average molecular weight is 411 g/mol. The number of benzene rings is 2. The lowest BCUT2D eigenvalue weighted by atomic mass is 10.1. The Morgan fingerprint density at radius 2 is 1.52 bits per heavy atom. The van der Waals surface area contributed by atoms with Crippen molar-refractivity contribution in [1.29, 1.82) is 0 Å². The molecule has 2 aromatic carbocycles. The highest BCUT2D eigenvalue weighted by molar-refractivity contribution is 7.92. The predicted molar refractivity (Wildman–Crippen MR) is 105 cm³/mol. The van der Waals surface area contributed by atoms with Gasteiger partial charge in [0.1, 0.15) is 6.54 Å². The van der Waals surface area contributed by atoms with Crippen LogP contribution < -0.4 is 9.62 Å². The minimum absolute atomic E-state index is 0.192. The molecule has 146 valence electrons. The van der Waals surface area contributed by atoms with Crippen LogP contribution in [-0.4, -0.2) is 41.8 Å². The summed E-state index contributed by atoms with van der Waals surface area (Å²) in [6.07, 6.45) is 2.16. The molecule has 0 aromatic heterocycles. The van der Waals surface area contributed by atoms with Crippen molar-refractivity contribution in [2.24, 2.45) is 0 Å². The summed E-state index contributed by atoms with van der Waals surface area (Å²) in [5.41, 5.74) is 1.11. The van der Waals surface area contributed by atoms with Gasteiger partial charge in [-0.2, -0.15) is 0 Å². The highest BCUT2D eigenvalue weighted by Gasteiger charge is 2.21. The summed E-state index contributed by atoms with van der Waals surface area (Å²) in [4.78, 5) is 12.6. The van der Waals surface area contributed by atoms with Crippen molar-refractivity contribution in [1.82, 2.24) is 5.32 Å². The first-order valence-corrected chi connectivity index (χ1v) is 11.8. The topological polar surface area (TPSA) is 101 Å². The molecule has 0 bridgehead atoms. The lowest BCUT2D eigenvalue weighted by Gasteiger charge is -2.23. The second kappa shape index (κ2) is 8.10. The molecule has 1 N–H and O–H groups in total. The minimum atomic E-state index is -3.63. The Bertz CT molecular complexity index is 1000. The fourth-order valence-corrected chi connectivity index (χ4v) is 3.99. The van der Waals surface area contributed by atoms with E-state index in [9.17, 15) is 21.6 Å². The molecule has 9 heteroatoms. The summed E-state index contributed by atoms with van der Waals surface area (Å²) >= 11 is 0. The highest BCUT2D eigenvalue weighted by atomic mass is 32.2. The fraction of sp³-hybridized carbons (Fsp3) is 0.278. The molecule has 0 aliphatic rings. The molecule has 1 unspecified atom stereocenters. The van der Waals surface area contributed by atoms with E-state index in [1.165, 1.54) is 12.1 Å². The van der Waals surface area contributed by atoms with Gasteiger partial charge in [0.25, 0.3) is 0 Å². The third kappa shape index (κ3) is 5.80. The normalized spacial score (nSPS) is 13.0. The first-order chi connectivity index (χ1) is 12.5. The number of carbonyl (C=O) groups is 1. The number of hydrogen-bond acceptors (Lipinski definition) is 5. The Kier molecular flexibility index (Phi) is 6.27. The van der Waals surface area contributed by atoms with Gasteiger partial charge in [0.2, 0.25) is 15.9 Å². The first kappa shape index (κ1) is 20.9. The van der Waals surface area contributed by atoms with Gasteiger partial charge in [-0.15, -0.1) is 0 Å². The van der Waals surface area contributed by atoms with Gasteiger partial charge in [0.05, 0.1) is 22.9 Å². The Balaban J connectivity index is 2.11. The number of nitrogens with one attached hydrogen (secondary N) is 1. The van der Waals surface area contributed by atoms with Gasteiger partial charge in [0.15, 0.2) is 9.84 Å². The molecule has 2 rings (SSSR count). The monoisotopic (exact) mass is 410 g/mol. The number of carbonyl (C=O) groups excluding carboxylic acids is 1. The van der Waals surface area contributed by atoms with Crippen LogP contribution in [-0.2, 0) is 24.7 Å². The number of para-hydroxylation sites is 1. The van der Waals surface area contributed by atoms with Crippen molar-refractivity contribution in [3.63, 3.8) is 0 Å². The van der Waals surface area contributed by atoms with Gasteiger partial charge >= 0.3 is 0 Å². The lowest BCUT2D eigenvalue weighted by molar-refractivity contribution is -0.120. The molecular formula is C18H22N2O5S2. The van der Waals surface area contributed by atoms with Gasteiger partial charge in [-0.05, 0) is 36.8 Å². The van der Waals surface area contributed by atoms with Crippen molar-refractivity contribution in [2.75, 3.05) is 23.4 Å². The van der Waals surface area contributed by atoms with Crippen LogP contribution in [0.15, 0.2) is 59.5 Å². The van der Waals surface area contributed by atoms with Crippen LogP contribution in [0.5, 0.6) is 0 Å². The number of rotatable bonds is 7. The maximum atomic E-state index is 12.4. The molecule has 0 spiro atoms. The molecule has 7 nitrogen and oxygen atoms in total. The van der Waals surface area contributed by atoms with Gasteiger partial charge in [-0.3, -0.25) is 9.10 Å². The molecule has 1 atom stereocenters. The highest BCUT2D eigenvalue weighted by Crippen LogP contribution is 2.18. The molecule has 0 aliphatic carbocycles. The van der Waals surface area contributed by atoms with Crippen LogP contribution >= 0.6 is 0 Å². The van der Waals surface area contributed by atoms with E-state index in [-0.39, 0.29) is 11.4 Å². The van der Waals surface area contributed by atoms with Crippen LogP contribution in [0.1, 0.15) is 18.5 Å². The third-order valence-corrected chi connectivity index (χ3v) is 6.19. The zero-order valence-electron chi connectivity index (χ0n) is 15.3. The first-order valence-electron chi connectivity index (χ1n) is 8.10. The van der Waals surface area contributed by atoms with E-state index in [0.29, 0.717) is 11.3 Å². The van der Waals surface area contributed by atoms with Crippen LogP contribution in [0.4, 0.5) is 5.69 Å². The van der Waals surface area contributed by atoms with E-state index in [2.05, 4.69) is 5.32 Å². The number of amides is 1. The number of anilines is 1. The molecule has 0 saturated carbocycles. The summed E-state index contributed by atoms with van der Waals surface area (Å²) in [6.45, 7) is 1.38. The lowest BCUT2D eigenvalue weighted by Crippen LogP contribution is -2.41. The fourth-order valence-electron chi connectivity index (χ4n) is 2.50. The maximum absolute atomic E-state index is 12.4. The van der Waals surface area contributed by atoms with Gasteiger partial charge in [0, 0.05) is 6.26 Å². The SMILES string of the molecule is CC(NC(=O)CN(c1ccccc1)S(C)(=O)=O)c1ccc(S(C)(=O)=O)cc1. The van der Waals surface area contributed by atoms with E-state index in [1.54, 1.807) is 49.4 Å². The van der Waals surface area contributed by atoms with Gasteiger partial charge in [-0.1, -0.05) is 30.3 Å². The summed E-state index contributed by atoms with van der Waals surface area (Å²) < 4.78 is 48.1. The molecule has 1 amide bonds. The van der Waals surface area contributed by atoms with E-state index < -0.39 is 31.8 Å². The second-order valence-corrected chi connectivity index (χ2v) is 10.2. The van der Waals surface area contributed by atoms with Crippen molar-refractivity contribution in [3.8, 4) is 0 Å². The van der Waals surface area contributed by atoms with Crippen LogP contribution in [0.3, 0.4) is 0 Å². The summed E-state index contributed by atoms with van der Waals surface area (Å²) in [5.74, 6) is -0.469. The maximum Gasteiger partial charge on any atom is 0.241 e. The Labute approximate surface area is 160 Å². The average Bonchev–Trinajstić information content (AvgIpc) is 2.59. The Hall–Kier alpha value is -2.39. The summed E-state index contributed by atoms with van der Waals surface area (Å²) in [6, 6.07) is 14.1. The molecule has 0 saturated heterocycles. The van der Waals surface area contributed by atoms with Crippen LogP contribution in [0.2, 0.25) is 0 Å². The van der Waals surface area contributed by atoms with Crippen molar-refractivity contribution >= 4 is 31.5 Å². The van der Waals surface area contributed by atoms with Crippen molar-refractivity contribution < 1.29 is 21.6 Å². The van der Waals surface area contributed by atoms with E-state index in [1.807, 2.05) is 0 Å². The zero-order valence-corrected chi connectivity index (χ0v) is 16.9. The molecule has 0 heterocycles. The predicted octanol–water partition coefficient (Wildman–Crippen LogP) is 1.73. The molecule has 2 aromatic rings. The van der Waals surface area contributed by atoms with E-state index in [4.69, 9.17) is 0 Å². The van der Waals surface area contributed by atoms with E-state index in [0.717, 1.165) is 16.8 Å². The van der Waals surface area contributed by atoms with Crippen LogP contribution in [0.25, 0.3) is 0 Å². The zero-order chi connectivity index (χ0) is 20.2. The molecule has 0 aliphatic heterocycles. The molecular weight excluding hydrogens is 388 g/mol. The largest absolute Gasteiger partial charge is 0.348 e. The molecule has 0 radical (unpaired) electrons. The number of sulfone groups is 1. The molecule has 0 fully saturated rings. The Morgan fingerprint density at radius 1 is 0.963 bits per heavy atom. The van der Waals surface area contributed by atoms with Crippen LogP contribution in [0, 0.1) is 0 Å². The van der Waals surface area contributed by atoms with Crippen molar-refractivity contribution in [2.45, 2.75) is 17.9 Å². The minimum Gasteiger partial charge on any atom is -0.348 e. The number of hydrogen-bond donors (Lipinski definition) is 1. The van der Waals surface area contributed by atoms with Crippen molar-refractivity contribution in [3.05, 3.63) is 60.2 Å². The van der Waals surface area contributed by atoms with Gasteiger partial charge in [-0.25, -0.2) is 16.8 Å². The quantitative estimate of drug-likeness (QED) is 0.749. The molecule has 27 heavy (non-hydrogen) atoms. The van der Waals surface area contributed by atoms with Gasteiger partial charge < -0.3 is 5.32 Å². The smallest absolute Gasteiger partial charge is 0.241 e.